The molecular formula is C7H10F3N. The van der Waals surface area contributed by atoms with Crippen LogP contribution in [0.2, 0.25) is 0 Å². The lowest BCUT2D eigenvalue weighted by Gasteiger charge is -2.04. The second kappa shape index (κ2) is 4.16. The zero-order valence-corrected chi connectivity index (χ0v) is 6.44. The van der Waals surface area contributed by atoms with E-state index >= 15 is 0 Å². The number of halogens is 3. The Hall–Kier alpha value is -0.800. The summed E-state index contributed by atoms with van der Waals surface area (Å²) in [6.07, 6.45) is -2.42. The molecule has 0 bridgehead atoms. The van der Waals surface area contributed by atoms with E-state index in [1.54, 1.807) is 6.92 Å². The van der Waals surface area contributed by atoms with Gasteiger partial charge in [0.1, 0.15) is 0 Å². The van der Waals surface area contributed by atoms with E-state index in [2.05, 4.69) is 4.99 Å². The van der Waals surface area contributed by atoms with Crippen LogP contribution in [0.5, 0.6) is 0 Å². The maximum absolute atomic E-state index is 11.9. The van der Waals surface area contributed by atoms with Crippen molar-refractivity contribution in [1.29, 1.82) is 0 Å². The summed E-state index contributed by atoms with van der Waals surface area (Å²) in [6, 6.07) is 0. The van der Waals surface area contributed by atoms with E-state index < -0.39 is 11.7 Å². The van der Waals surface area contributed by atoms with E-state index in [-0.39, 0.29) is 0 Å². The van der Waals surface area contributed by atoms with Crippen LogP contribution in [0, 0.1) is 0 Å². The number of nitrogens with zero attached hydrogens (tertiary/aromatic N) is 1. The van der Waals surface area contributed by atoms with E-state index in [4.69, 9.17) is 0 Å². The van der Waals surface area contributed by atoms with Gasteiger partial charge in [0.2, 0.25) is 0 Å². The van der Waals surface area contributed by atoms with Gasteiger partial charge in [-0.25, -0.2) is 0 Å². The normalized spacial score (nSPS) is 14.5. The summed E-state index contributed by atoms with van der Waals surface area (Å²) < 4.78 is 35.7. The molecule has 0 aliphatic rings. The Kier molecular flexibility index (Phi) is 3.85. The average molecular weight is 165 g/mol. The first-order valence-electron chi connectivity index (χ1n) is 3.25. The molecule has 0 N–H and O–H groups in total. The highest BCUT2D eigenvalue weighted by Gasteiger charge is 2.31. The van der Waals surface area contributed by atoms with Crippen LogP contribution in [-0.2, 0) is 0 Å². The fourth-order valence-corrected chi connectivity index (χ4v) is 0.501. The Morgan fingerprint density at radius 2 is 2.00 bits per heavy atom. The minimum atomic E-state index is -4.27. The maximum atomic E-state index is 11.9. The molecule has 0 heterocycles. The molecule has 0 rings (SSSR count). The summed E-state index contributed by atoms with van der Waals surface area (Å²) >= 11 is 0. The van der Waals surface area contributed by atoms with Crippen molar-refractivity contribution in [2.45, 2.75) is 20.0 Å². The molecule has 0 spiro atoms. The molecule has 4 heteroatoms. The minimum absolute atomic E-state index is 0.368. The van der Waals surface area contributed by atoms with Crippen LogP contribution in [0.3, 0.4) is 0 Å². The van der Waals surface area contributed by atoms with Gasteiger partial charge in [-0.15, -0.1) is 0 Å². The lowest BCUT2D eigenvalue weighted by molar-refractivity contribution is -0.0857. The van der Waals surface area contributed by atoms with Gasteiger partial charge in [-0.05, 0) is 13.8 Å². The standard InChI is InChI=1S/C7H10F3N/c1-3-6(5-11-4-2)7(8,9)10/h3,5H,4H2,1-2H3/b6-3+,11-5?. The summed E-state index contributed by atoms with van der Waals surface area (Å²) in [4.78, 5) is 3.50. The Balaban J connectivity index is 4.33. The third kappa shape index (κ3) is 3.80. The molecule has 0 aromatic heterocycles. The molecule has 1 nitrogen and oxygen atoms in total. The van der Waals surface area contributed by atoms with Gasteiger partial charge in [0, 0.05) is 12.8 Å². The summed E-state index contributed by atoms with van der Waals surface area (Å²) in [7, 11) is 0. The van der Waals surface area contributed by atoms with Gasteiger partial charge in [0.25, 0.3) is 0 Å². The van der Waals surface area contributed by atoms with E-state index in [0.717, 1.165) is 12.3 Å². The molecule has 0 aromatic carbocycles. The largest absolute Gasteiger partial charge is 0.417 e. The monoisotopic (exact) mass is 165 g/mol. The topological polar surface area (TPSA) is 12.4 Å². The number of hydrogen-bond acceptors (Lipinski definition) is 1. The van der Waals surface area contributed by atoms with Gasteiger partial charge < -0.3 is 0 Å². The molecule has 0 saturated carbocycles. The summed E-state index contributed by atoms with van der Waals surface area (Å²) in [6.45, 7) is 3.39. The molecule has 0 unspecified atom stereocenters. The van der Waals surface area contributed by atoms with Gasteiger partial charge in [-0.3, -0.25) is 4.99 Å². The molecule has 0 aromatic rings. The quantitative estimate of drug-likeness (QED) is 0.557. The second-order valence-electron chi connectivity index (χ2n) is 1.87. The number of aliphatic imine (C=N–C) groups is 1. The van der Waals surface area contributed by atoms with Crippen LogP contribution < -0.4 is 0 Å². The van der Waals surface area contributed by atoms with Crippen molar-refractivity contribution < 1.29 is 13.2 Å². The molecule has 0 fully saturated rings. The Morgan fingerprint density at radius 3 is 2.27 bits per heavy atom. The molecule has 0 aliphatic heterocycles. The summed E-state index contributed by atoms with van der Waals surface area (Å²) in [5, 5.41) is 0. The van der Waals surface area contributed by atoms with Crippen molar-refractivity contribution in [3.05, 3.63) is 11.6 Å². The van der Waals surface area contributed by atoms with Crippen LogP contribution in [0.1, 0.15) is 13.8 Å². The van der Waals surface area contributed by atoms with Gasteiger partial charge in [-0.2, -0.15) is 13.2 Å². The predicted octanol–water partition coefficient (Wildman–Crippen LogP) is 2.59. The maximum Gasteiger partial charge on any atom is 0.417 e. The van der Waals surface area contributed by atoms with Crippen LogP contribution in [0.15, 0.2) is 16.6 Å². The fourth-order valence-electron chi connectivity index (χ4n) is 0.501. The van der Waals surface area contributed by atoms with Crippen molar-refractivity contribution in [2.24, 2.45) is 4.99 Å². The highest BCUT2D eigenvalue weighted by Crippen LogP contribution is 2.23. The smallest absolute Gasteiger partial charge is 0.293 e. The van der Waals surface area contributed by atoms with Gasteiger partial charge >= 0.3 is 6.18 Å². The molecule has 11 heavy (non-hydrogen) atoms. The van der Waals surface area contributed by atoms with Crippen LogP contribution in [-0.4, -0.2) is 18.9 Å². The summed E-state index contributed by atoms with van der Waals surface area (Å²) in [5.41, 5.74) is -0.695. The Morgan fingerprint density at radius 1 is 1.45 bits per heavy atom. The van der Waals surface area contributed by atoms with Crippen LogP contribution in [0.4, 0.5) is 13.2 Å². The molecule has 0 aliphatic carbocycles. The SMILES string of the molecule is C/C=C(\C=NCC)C(F)(F)F. The number of alkyl halides is 3. The van der Waals surface area contributed by atoms with E-state index in [9.17, 15) is 13.2 Å². The van der Waals surface area contributed by atoms with Crippen LogP contribution in [0.25, 0.3) is 0 Å². The zero-order chi connectivity index (χ0) is 8.91. The molecule has 0 amide bonds. The van der Waals surface area contributed by atoms with Crippen LogP contribution >= 0.6 is 0 Å². The molecule has 0 saturated heterocycles. The Bertz CT molecular complexity index is 167. The first-order chi connectivity index (χ1) is 5.02. The predicted molar refractivity (Wildman–Crippen MR) is 38.8 cm³/mol. The zero-order valence-electron chi connectivity index (χ0n) is 6.44. The highest BCUT2D eigenvalue weighted by atomic mass is 19.4. The van der Waals surface area contributed by atoms with Crippen molar-refractivity contribution in [2.75, 3.05) is 6.54 Å². The highest BCUT2D eigenvalue weighted by molar-refractivity contribution is 5.80. The molecule has 0 atom stereocenters. The molecular weight excluding hydrogens is 155 g/mol. The average Bonchev–Trinajstić information content (AvgIpc) is 1.87. The van der Waals surface area contributed by atoms with Crippen molar-refractivity contribution in [3.63, 3.8) is 0 Å². The number of rotatable bonds is 2. The van der Waals surface area contributed by atoms with Crippen molar-refractivity contribution in [1.82, 2.24) is 0 Å². The van der Waals surface area contributed by atoms with E-state index in [1.165, 1.54) is 6.92 Å². The number of allylic oxidation sites excluding steroid dienone is 2. The number of hydrogen-bond donors (Lipinski definition) is 0. The van der Waals surface area contributed by atoms with Gasteiger partial charge in [0.05, 0.1) is 5.57 Å². The van der Waals surface area contributed by atoms with Crippen molar-refractivity contribution in [3.8, 4) is 0 Å². The van der Waals surface area contributed by atoms with Gasteiger partial charge in [0.15, 0.2) is 0 Å². The lowest BCUT2D eigenvalue weighted by atomic mass is 10.3. The third-order valence-corrected chi connectivity index (χ3v) is 1.05. The summed E-state index contributed by atoms with van der Waals surface area (Å²) in [5.74, 6) is 0. The van der Waals surface area contributed by atoms with E-state index in [0.29, 0.717) is 6.54 Å². The Labute approximate surface area is 63.6 Å². The van der Waals surface area contributed by atoms with Crippen molar-refractivity contribution >= 4 is 6.21 Å². The van der Waals surface area contributed by atoms with Gasteiger partial charge in [-0.1, -0.05) is 6.08 Å². The van der Waals surface area contributed by atoms with E-state index in [1.807, 2.05) is 0 Å². The minimum Gasteiger partial charge on any atom is -0.293 e. The third-order valence-electron chi connectivity index (χ3n) is 1.05. The lowest BCUT2D eigenvalue weighted by Crippen LogP contribution is -2.12. The fraction of sp³-hybridized carbons (Fsp3) is 0.571. The molecule has 64 valence electrons. The molecule has 0 radical (unpaired) electrons. The first kappa shape index (κ1) is 10.2. The first-order valence-corrected chi connectivity index (χ1v) is 3.25. The second-order valence-corrected chi connectivity index (χ2v) is 1.87.